The highest BCUT2D eigenvalue weighted by atomic mass is 28.4. The van der Waals surface area contributed by atoms with Crippen molar-refractivity contribution < 1.29 is 19.7 Å². The first-order valence-electron chi connectivity index (χ1n) is 14.8. The number of aliphatic hydroxyl groups is 2. The summed E-state index contributed by atoms with van der Waals surface area (Å²) in [5, 5.41) is 36.0. The number of rotatable bonds is 11. The van der Waals surface area contributed by atoms with Crippen molar-refractivity contribution in [3.8, 4) is 5.75 Å². The summed E-state index contributed by atoms with van der Waals surface area (Å²) in [5.41, 5.74) is 5.04. The minimum absolute atomic E-state index is 0.0867. The minimum atomic E-state index is -2.77. The zero-order chi connectivity index (χ0) is 30.3. The molecule has 4 nitrogen and oxygen atoms in total. The van der Waals surface area contributed by atoms with E-state index in [1.807, 2.05) is 56.3 Å². The summed E-state index contributed by atoms with van der Waals surface area (Å²) in [5.74, 6) is 0.283. The standard InChI is InChI=1S/C37H44O4Si/c1-27(2)36(40)25-28(15-14-22-34(38)33-23-24-35(39)32-21-13-12-20-31(32)33)26-41-42(37(3,4)5,29-16-8-6-9-17-29)30-18-10-7-11-19-30/h6-14,16-21,23-24,27,34,36,38-40H,22,25-26H2,1-5H3/t15?,34-,36-/m1/s1. The van der Waals surface area contributed by atoms with Crippen LogP contribution in [-0.2, 0) is 4.43 Å². The van der Waals surface area contributed by atoms with E-state index < -0.39 is 20.5 Å². The van der Waals surface area contributed by atoms with Gasteiger partial charge >= 0.3 is 0 Å². The van der Waals surface area contributed by atoms with Crippen molar-refractivity contribution in [2.45, 2.75) is 64.7 Å². The summed E-state index contributed by atoms with van der Waals surface area (Å²) in [6.45, 7) is 11.1. The van der Waals surface area contributed by atoms with E-state index in [2.05, 4.69) is 75.0 Å². The molecule has 0 saturated heterocycles. The molecule has 4 rings (SSSR count). The molecule has 0 unspecified atom stereocenters. The summed E-state index contributed by atoms with van der Waals surface area (Å²) >= 11 is 0. The fourth-order valence-corrected chi connectivity index (χ4v) is 10.2. The molecule has 0 bridgehead atoms. The summed E-state index contributed by atoms with van der Waals surface area (Å²) in [4.78, 5) is 0. The lowest BCUT2D eigenvalue weighted by molar-refractivity contribution is 0.122. The normalized spacial score (nSPS) is 13.5. The molecule has 4 aromatic carbocycles. The Morgan fingerprint density at radius 2 is 1.36 bits per heavy atom. The third-order valence-electron chi connectivity index (χ3n) is 8.05. The predicted molar refractivity (Wildman–Crippen MR) is 176 cm³/mol. The second kappa shape index (κ2) is 13.7. The van der Waals surface area contributed by atoms with Gasteiger partial charge in [0.05, 0.1) is 18.8 Å². The third kappa shape index (κ3) is 6.95. The van der Waals surface area contributed by atoms with Gasteiger partial charge in [-0.05, 0) is 50.0 Å². The Morgan fingerprint density at radius 3 is 1.90 bits per heavy atom. The van der Waals surface area contributed by atoms with Crippen molar-refractivity contribution in [1.29, 1.82) is 0 Å². The maximum absolute atomic E-state index is 11.1. The molecule has 2 atom stereocenters. The monoisotopic (exact) mass is 580 g/mol. The van der Waals surface area contributed by atoms with Crippen molar-refractivity contribution in [2.75, 3.05) is 6.61 Å². The van der Waals surface area contributed by atoms with E-state index >= 15 is 0 Å². The minimum Gasteiger partial charge on any atom is -0.507 e. The lowest BCUT2D eigenvalue weighted by atomic mass is 9.97. The van der Waals surface area contributed by atoms with Crippen LogP contribution < -0.4 is 10.4 Å². The van der Waals surface area contributed by atoms with E-state index in [1.54, 1.807) is 12.1 Å². The Labute approximate surface area is 251 Å². The van der Waals surface area contributed by atoms with Crippen LogP contribution in [0.25, 0.3) is 10.8 Å². The molecule has 220 valence electrons. The number of hydrogen-bond acceptors (Lipinski definition) is 4. The Balaban J connectivity index is 1.69. The number of aliphatic hydroxyl groups excluding tert-OH is 2. The number of hydrogen-bond donors (Lipinski definition) is 3. The largest absolute Gasteiger partial charge is 0.507 e. The fourth-order valence-electron chi connectivity index (χ4n) is 5.64. The third-order valence-corrected chi connectivity index (χ3v) is 13.0. The molecule has 5 heteroatoms. The van der Waals surface area contributed by atoms with Gasteiger partial charge in [-0.3, -0.25) is 0 Å². The predicted octanol–water partition coefficient (Wildman–Crippen LogP) is 7.03. The first kappa shape index (κ1) is 31.5. The Morgan fingerprint density at radius 1 is 0.810 bits per heavy atom. The van der Waals surface area contributed by atoms with Crippen molar-refractivity contribution in [2.24, 2.45) is 5.92 Å². The first-order valence-corrected chi connectivity index (χ1v) is 16.7. The lowest BCUT2D eigenvalue weighted by Gasteiger charge is -2.43. The topological polar surface area (TPSA) is 69.9 Å². The zero-order valence-electron chi connectivity index (χ0n) is 25.4. The van der Waals surface area contributed by atoms with Crippen LogP contribution in [0.1, 0.15) is 59.1 Å². The van der Waals surface area contributed by atoms with Gasteiger partial charge in [-0.2, -0.15) is 0 Å². The molecule has 0 heterocycles. The molecule has 0 aliphatic heterocycles. The fraction of sp³-hybridized carbons (Fsp3) is 0.324. The van der Waals surface area contributed by atoms with E-state index in [0.29, 0.717) is 24.8 Å². The van der Waals surface area contributed by atoms with E-state index in [4.69, 9.17) is 4.43 Å². The molecule has 0 aliphatic rings. The van der Waals surface area contributed by atoms with E-state index in [-0.39, 0.29) is 16.7 Å². The number of aromatic hydroxyl groups is 1. The van der Waals surface area contributed by atoms with E-state index in [1.165, 1.54) is 10.4 Å². The highest BCUT2D eigenvalue weighted by molar-refractivity contribution is 6.99. The van der Waals surface area contributed by atoms with Gasteiger partial charge in [0.15, 0.2) is 0 Å². The van der Waals surface area contributed by atoms with Crippen LogP contribution in [0.3, 0.4) is 0 Å². The number of fused-ring (bicyclic) bond motifs is 1. The molecular weight excluding hydrogens is 536 g/mol. The Bertz CT molecular complexity index is 1480. The number of benzene rings is 4. The van der Waals surface area contributed by atoms with Crippen LogP contribution in [0.4, 0.5) is 0 Å². The first-order chi connectivity index (χ1) is 20.0. The Kier molecular flexibility index (Phi) is 10.3. The summed E-state index contributed by atoms with van der Waals surface area (Å²) in [6, 6.07) is 32.0. The highest BCUT2D eigenvalue weighted by Crippen LogP contribution is 2.37. The molecule has 0 radical (unpaired) electrons. The SMILES string of the molecule is CC(C)[C@H](O)CC(=C=CC[C@@H](O)c1ccc(O)c2ccccc12)CO[Si](c1ccccc1)(c1ccccc1)C(C)(C)C. The van der Waals surface area contributed by atoms with Gasteiger partial charge in [-0.1, -0.05) is 126 Å². The molecule has 4 aromatic rings. The van der Waals surface area contributed by atoms with Crippen LogP contribution in [0, 0.1) is 5.92 Å². The molecule has 3 N–H and O–H groups in total. The Hall–Kier alpha value is -3.44. The molecule has 42 heavy (non-hydrogen) atoms. The van der Waals surface area contributed by atoms with Gasteiger partial charge in [0.1, 0.15) is 5.75 Å². The summed E-state index contributed by atoms with van der Waals surface area (Å²) in [7, 11) is -2.77. The second-order valence-corrected chi connectivity index (χ2v) is 16.7. The number of phenols is 1. The van der Waals surface area contributed by atoms with Gasteiger partial charge in [-0.25, -0.2) is 0 Å². The zero-order valence-corrected chi connectivity index (χ0v) is 26.4. The molecule has 0 amide bonds. The second-order valence-electron chi connectivity index (χ2n) is 12.4. The van der Waals surface area contributed by atoms with Crippen molar-refractivity contribution in [3.63, 3.8) is 0 Å². The van der Waals surface area contributed by atoms with E-state index in [9.17, 15) is 15.3 Å². The van der Waals surface area contributed by atoms with Crippen LogP contribution in [0.2, 0.25) is 5.04 Å². The molecule has 0 saturated carbocycles. The van der Waals surface area contributed by atoms with Gasteiger partial charge in [0, 0.05) is 18.2 Å². The average Bonchev–Trinajstić information content (AvgIpc) is 2.98. The van der Waals surface area contributed by atoms with Gasteiger partial charge in [0.2, 0.25) is 0 Å². The average molecular weight is 581 g/mol. The van der Waals surface area contributed by atoms with Crippen LogP contribution >= 0.6 is 0 Å². The molecule has 0 aromatic heterocycles. The highest BCUT2D eigenvalue weighted by Gasteiger charge is 2.50. The summed E-state index contributed by atoms with van der Waals surface area (Å²) in [6.07, 6.45) is 1.33. The van der Waals surface area contributed by atoms with E-state index in [0.717, 1.165) is 16.5 Å². The van der Waals surface area contributed by atoms with Crippen molar-refractivity contribution in [1.82, 2.24) is 0 Å². The van der Waals surface area contributed by atoms with Crippen LogP contribution in [0.5, 0.6) is 5.75 Å². The summed E-state index contributed by atoms with van der Waals surface area (Å²) < 4.78 is 7.14. The molecule has 0 aliphatic carbocycles. The van der Waals surface area contributed by atoms with Gasteiger partial charge in [0.25, 0.3) is 8.32 Å². The smallest absolute Gasteiger partial charge is 0.261 e. The van der Waals surface area contributed by atoms with Gasteiger partial charge < -0.3 is 19.7 Å². The van der Waals surface area contributed by atoms with Crippen LogP contribution in [-0.4, -0.2) is 36.3 Å². The molecule has 0 spiro atoms. The maximum atomic E-state index is 11.1. The lowest BCUT2D eigenvalue weighted by Crippen LogP contribution is -2.66. The van der Waals surface area contributed by atoms with Crippen LogP contribution in [0.15, 0.2) is 114 Å². The molecule has 0 fully saturated rings. The maximum Gasteiger partial charge on any atom is 0.261 e. The number of phenolic OH excluding ortho intramolecular Hbond substituents is 1. The van der Waals surface area contributed by atoms with Crippen molar-refractivity contribution >= 4 is 29.5 Å². The van der Waals surface area contributed by atoms with Crippen molar-refractivity contribution in [3.05, 3.63) is 120 Å². The quantitative estimate of drug-likeness (QED) is 0.132. The van der Waals surface area contributed by atoms with Gasteiger partial charge in [-0.15, -0.1) is 5.73 Å². The molecular formula is C37H44O4Si.